The van der Waals surface area contributed by atoms with Crippen LogP contribution in [0.4, 0.5) is 0 Å². The summed E-state index contributed by atoms with van der Waals surface area (Å²) < 4.78 is 9.66. The SMILES string of the molecule is COC(=O)c1cc([C@@H]2C[C@H](COC(C)=O)[C@H]2CO)ccn1. The lowest BCUT2D eigenvalue weighted by Crippen LogP contribution is -2.40. The van der Waals surface area contributed by atoms with Crippen LogP contribution < -0.4 is 0 Å². The molecule has 0 unspecified atom stereocenters. The number of esters is 2. The Bertz CT molecular complexity index is 531. The van der Waals surface area contributed by atoms with E-state index in [2.05, 4.69) is 9.72 Å². The van der Waals surface area contributed by atoms with Crippen LogP contribution in [0, 0.1) is 11.8 Å². The number of nitrogens with zero attached hydrogens (tertiary/aromatic N) is 1. The van der Waals surface area contributed by atoms with E-state index in [4.69, 9.17) is 4.74 Å². The van der Waals surface area contributed by atoms with Crippen molar-refractivity contribution in [1.29, 1.82) is 0 Å². The average Bonchev–Trinajstić information content (AvgIpc) is 2.45. The third-order valence-electron chi connectivity index (χ3n) is 4.00. The number of carbonyl (C=O) groups is 2. The Morgan fingerprint density at radius 2 is 2.24 bits per heavy atom. The number of aliphatic hydroxyl groups excluding tert-OH is 1. The monoisotopic (exact) mass is 293 g/mol. The van der Waals surface area contributed by atoms with Gasteiger partial charge < -0.3 is 14.6 Å². The summed E-state index contributed by atoms with van der Waals surface area (Å²) in [5.74, 6) is -0.474. The molecule has 0 amide bonds. The average molecular weight is 293 g/mol. The molecular weight excluding hydrogens is 274 g/mol. The van der Waals surface area contributed by atoms with Crippen LogP contribution in [0.1, 0.15) is 35.3 Å². The zero-order valence-corrected chi connectivity index (χ0v) is 12.1. The molecule has 1 heterocycles. The lowest BCUT2D eigenvalue weighted by molar-refractivity contribution is -0.145. The summed E-state index contributed by atoms with van der Waals surface area (Å²) >= 11 is 0. The van der Waals surface area contributed by atoms with E-state index in [1.54, 1.807) is 12.3 Å². The van der Waals surface area contributed by atoms with Gasteiger partial charge in [-0.1, -0.05) is 0 Å². The lowest BCUT2D eigenvalue weighted by atomic mass is 9.63. The van der Waals surface area contributed by atoms with Gasteiger partial charge in [-0.15, -0.1) is 0 Å². The number of methoxy groups -OCH3 is 1. The summed E-state index contributed by atoms with van der Waals surface area (Å²) in [7, 11) is 1.31. The smallest absolute Gasteiger partial charge is 0.356 e. The van der Waals surface area contributed by atoms with Gasteiger partial charge in [-0.05, 0) is 41.9 Å². The van der Waals surface area contributed by atoms with E-state index in [1.807, 2.05) is 6.07 Å². The molecule has 21 heavy (non-hydrogen) atoms. The molecule has 0 bridgehead atoms. The number of ether oxygens (including phenoxy) is 2. The molecule has 1 aliphatic carbocycles. The Kier molecular flexibility index (Phi) is 4.90. The van der Waals surface area contributed by atoms with E-state index < -0.39 is 5.97 Å². The largest absolute Gasteiger partial charge is 0.466 e. The Labute approximate surface area is 123 Å². The van der Waals surface area contributed by atoms with Crippen molar-refractivity contribution in [3.63, 3.8) is 0 Å². The maximum atomic E-state index is 11.5. The van der Waals surface area contributed by atoms with Gasteiger partial charge in [0.15, 0.2) is 0 Å². The maximum Gasteiger partial charge on any atom is 0.356 e. The number of rotatable bonds is 5. The molecule has 0 aromatic carbocycles. The van der Waals surface area contributed by atoms with E-state index >= 15 is 0 Å². The van der Waals surface area contributed by atoms with Crippen LogP contribution in [0.25, 0.3) is 0 Å². The minimum Gasteiger partial charge on any atom is -0.466 e. The molecule has 0 radical (unpaired) electrons. The highest BCUT2D eigenvalue weighted by Gasteiger charge is 2.42. The Hall–Kier alpha value is -1.95. The van der Waals surface area contributed by atoms with Crippen molar-refractivity contribution >= 4 is 11.9 Å². The molecule has 0 aliphatic heterocycles. The molecule has 1 fully saturated rings. The summed E-state index contributed by atoms with van der Waals surface area (Å²) in [5.41, 5.74) is 1.21. The van der Waals surface area contributed by atoms with E-state index in [0.717, 1.165) is 12.0 Å². The van der Waals surface area contributed by atoms with Gasteiger partial charge in [-0.2, -0.15) is 0 Å². The van der Waals surface area contributed by atoms with Gasteiger partial charge in [0, 0.05) is 19.7 Å². The fourth-order valence-electron chi connectivity index (χ4n) is 2.78. The van der Waals surface area contributed by atoms with E-state index in [9.17, 15) is 14.7 Å². The fourth-order valence-corrected chi connectivity index (χ4v) is 2.78. The molecule has 0 spiro atoms. The predicted molar refractivity (Wildman–Crippen MR) is 73.6 cm³/mol. The van der Waals surface area contributed by atoms with Crippen molar-refractivity contribution in [1.82, 2.24) is 4.98 Å². The molecule has 1 saturated carbocycles. The topological polar surface area (TPSA) is 85.7 Å². The number of aromatic nitrogens is 1. The van der Waals surface area contributed by atoms with Crippen LogP contribution in [0.15, 0.2) is 18.3 Å². The summed E-state index contributed by atoms with van der Waals surface area (Å²) in [6.07, 6.45) is 2.37. The zero-order valence-electron chi connectivity index (χ0n) is 12.1. The van der Waals surface area contributed by atoms with Gasteiger partial charge in [-0.25, -0.2) is 9.78 Å². The highest BCUT2D eigenvalue weighted by molar-refractivity contribution is 5.87. The van der Waals surface area contributed by atoms with Crippen LogP contribution in [0.2, 0.25) is 0 Å². The Morgan fingerprint density at radius 1 is 1.48 bits per heavy atom. The van der Waals surface area contributed by atoms with Gasteiger partial charge in [0.05, 0.1) is 13.7 Å². The third-order valence-corrected chi connectivity index (χ3v) is 4.00. The van der Waals surface area contributed by atoms with Crippen molar-refractivity contribution < 1.29 is 24.2 Å². The van der Waals surface area contributed by atoms with Gasteiger partial charge in [0.25, 0.3) is 0 Å². The van der Waals surface area contributed by atoms with Crippen LogP contribution >= 0.6 is 0 Å². The van der Waals surface area contributed by atoms with Crippen LogP contribution in [-0.2, 0) is 14.3 Å². The minimum atomic E-state index is -0.479. The number of hydrogen-bond donors (Lipinski definition) is 1. The second-order valence-electron chi connectivity index (χ2n) is 5.22. The van der Waals surface area contributed by atoms with Crippen LogP contribution in [-0.4, -0.2) is 42.4 Å². The highest BCUT2D eigenvalue weighted by atomic mass is 16.5. The molecule has 1 N–H and O–H groups in total. The van der Waals surface area contributed by atoms with Gasteiger partial charge in [0.1, 0.15) is 5.69 Å². The Morgan fingerprint density at radius 3 is 2.86 bits per heavy atom. The zero-order chi connectivity index (χ0) is 15.4. The number of pyridine rings is 1. The summed E-state index contributed by atoms with van der Waals surface area (Å²) in [6.45, 7) is 1.72. The molecule has 3 atom stereocenters. The lowest BCUT2D eigenvalue weighted by Gasteiger charge is -2.43. The maximum absolute atomic E-state index is 11.5. The van der Waals surface area contributed by atoms with E-state index in [-0.39, 0.29) is 36.0 Å². The normalized spacial score (nSPS) is 24.0. The number of aliphatic hydroxyl groups is 1. The Balaban J connectivity index is 2.06. The van der Waals surface area contributed by atoms with Gasteiger partial charge >= 0.3 is 11.9 Å². The quantitative estimate of drug-likeness (QED) is 0.819. The van der Waals surface area contributed by atoms with Crippen LogP contribution in [0.3, 0.4) is 0 Å². The molecule has 114 valence electrons. The second-order valence-corrected chi connectivity index (χ2v) is 5.22. The molecule has 0 saturated heterocycles. The number of carbonyl (C=O) groups excluding carboxylic acids is 2. The minimum absolute atomic E-state index is 0.0203. The highest BCUT2D eigenvalue weighted by Crippen LogP contribution is 2.47. The van der Waals surface area contributed by atoms with Crippen molar-refractivity contribution in [2.24, 2.45) is 11.8 Å². The number of hydrogen-bond acceptors (Lipinski definition) is 6. The first kappa shape index (κ1) is 15.4. The predicted octanol–water partition coefficient (Wildman–Crippen LogP) is 1.14. The molecule has 6 heteroatoms. The fraction of sp³-hybridized carbons (Fsp3) is 0.533. The summed E-state index contributed by atoms with van der Waals surface area (Å²) in [5, 5.41) is 9.53. The first-order valence-corrected chi connectivity index (χ1v) is 6.85. The molecule has 6 nitrogen and oxygen atoms in total. The second kappa shape index (κ2) is 6.67. The van der Waals surface area contributed by atoms with Crippen molar-refractivity contribution in [2.75, 3.05) is 20.3 Å². The van der Waals surface area contributed by atoms with Crippen molar-refractivity contribution in [3.8, 4) is 0 Å². The molecular formula is C15H19NO5. The third kappa shape index (κ3) is 3.39. The standard InChI is InChI=1S/C15H19NO5/c1-9(18)21-8-11-5-12(13(11)7-17)10-3-4-16-14(6-10)15(19)20-2/h3-4,6,11-13,17H,5,7-8H2,1-2H3/t11-,12+,13-/m1/s1. The summed E-state index contributed by atoms with van der Waals surface area (Å²) in [4.78, 5) is 26.3. The molecule has 2 rings (SSSR count). The van der Waals surface area contributed by atoms with Crippen molar-refractivity contribution in [3.05, 3.63) is 29.6 Å². The first-order valence-electron chi connectivity index (χ1n) is 6.85. The van der Waals surface area contributed by atoms with Gasteiger partial charge in [-0.3, -0.25) is 4.79 Å². The van der Waals surface area contributed by atoms with Crippen LogP contribution in [0.5, 0.6) is 0 Å². The summed E-state index contributed by atoms with van der Waals surface area (Å²) in [6, 6.07) is 3.53. The van der Waals surface area contributed by atoms with Gasteiger partial charge in [0.2, 0.25) is 0 Å². The molecule has 1 aromatic rings. The van der Waals surface area contributed by atoms with E-state index in [1.165, 1.54) is 14.0 Å². The first-order chi connectivity index (χ1) is 10.1. The van der Waals surface area contributed by atoms with E-state index in [0.29, 0.717) is 6.61 Å². The van der Waals surface area contributed by atoms with Crippen molar-refractivity contribution in [2.45, 2.75) is 19.3 Å². The molecule has 1 aromatic heterocycles. The molecule has 1 aliphatic rings.